The van der Waals surface area contributed by atoms with E-state index in [2.05, 4.69) is 42.6 Å². The topological polar surface area (TPSA) is 76.4 Å². The summed E-state index contributed by atoms with van der Waals surface area (Å²) in [5.41, 5.74) is 3.03. The van der Waals surface area contributed by atoms with Gasteiger partial charge < -0.3 is 15.4 Å². The molecule has 0 radical (unpaired) electrons. The number of pyridine rings is 1. The molecule has 3 rings (SSSR count). The maximum atomic E-state index is 12.2. The predicted molar refractivity (Wildman–Crippen MR) is 131 cm³/mol. The van der Waals surface area contributed by atoms with Crippen molar-refractivity contribution in [3.63, 3.8) is 0 Å². The Bertz CT molecular complexity index is 994. The number of ether oxygens (including phenoxy) is 1. The fraction of sp³-hybridized carbons (Fsp3) is 0.318. The molecule has 33 heavy (non-hydrogen) atoms. The van der Waals surface area contributed by atoms with Gasteiger partial charge in [-0.2, -0.15) is 18.3 Å². The first-order valence-electron chi connectivity index (χ1n) is 10.1. The Kier molecular flexibility index (Phi) is 10.4. The van der Waals surface area contributed by atoms with Gasteiger partial charge in [0.15, 0.2) is 12.6 Å². The van der Waals surface area contributed by atoms with E-state index in [4.69, 9.17) is 0 Å². The molecular weight excluding hydrogens is 548 g/mol. The van der Waals surface area contributed by atoms with Crippen molar-refractivity contribution in [2.45, 2.75) is 32.7 Å². The molecule has 2 N–H and O–H groups in total. The van der Waals surface area contributed by atoms with Crippen molar-refractivity contribution in [1.29, 1.82) is 0 Å². The van der Waals surface area contributed by atoms with Crippen LogP contribution >= 0.6 is 24.0 Å². The number of hydrogen-bond donors (Lipinski definition) is 2. The summed E-state index contributed by atoms with van der Waals surface area (Å²) in [6.07, 6.45) is 0.732. The minimum Gasteiger partial charge on any atom is -0.468 e. The number of rotatable bonds is 9. The zero-order chi connectivity index (χ0) is 22.8. The van der Waals surface area contributed by atoms with Gasteiger partial charge in [-0.3, -0.25) is 4.68 Å². The molecule has 7 nitrogen and oxygen atoms in total. The van der Waals surface area contributed by atoms with E-state index in [0.717, 1.165) is 16.7 Å². The van der Waals surface area contributed by atoms with Crippen molar-refractivity contribution in [3.05, 3.63) is 77.7 Å². The average molecular weight is 574 g/mol. The van der Waals surface area contributed by atoms with Crippen LogP contribution in [0.15, 0.2) is 66.0 Å². The SMILES string of the molecule is CCNC(=NCc1ccc(OCC(F)(F)F)nc1)NCc1ccccc1Cn1cccn1.I. The van der Waals surface area contributed by atoms with Gasteiger partial charge in [0, 0.05) is 37.7 Å². The molecule has 2 aromatic heterocycles. The lowest BCUT2D eigenvalue weighted by Crippen LogP contribution is -2.37. The number of nitrogens with zero attached hydrogens (tertiary/aromatic N) is 4. The average Bonchev–Trinajstić information content (AvgIpc) is 3.28. The van der Waals surface area contributed by atoms with Gasteiger partial charge in [-0.25, -0.2) is 9.98 Å². The molecule has 0 unspecified atom stereocenters. The Morgan fingerprint density at radius 1 is 1.09 bits per heavy atom. The molecule has 1 aromatic carbocycles. The van der Waals surface area contributed by atoms with Gasteiger partial charge in [0.1, 0.15) is 0 Å². The molecule has 178 valence electrons. The molecule has 0 saturated heterocycles. The first kappa shape index (κ1) is 26.4. The molecule has 0 spiro atoms. The van der Waals surface area contributed by atoms with E-state index < -0.39 is 12.8 Å². The second-order valence-electron chi connectivity index (χ2n) is 6.93. The second kappa shape index (κ2) is 13.0. The van der Waals surface area contributed by atoms with E-state index in [-0.39, 0.29) is 29.9 Å². The highest BCUT2D eigenvalue weighted by molar-refractivity contribution is 14.0. The lowest BCUT2D eigenvalue weighted by Gasteiger charge is -2.14. The number of nitrogens with one attached hydrogen (secondary N) is 2. The molecule has 0 aliphatic heterocycles. The van der Waals surface area contributed by atoms with Gasteiger partial charge in [-0.05, 0) is 29.7 Å². The minimum atomic E-state index is -4.39. The van der Waals surface area contributed by atoms with Crippen LogP contribution in [0.1, 0.15) is 23.6 Å². The van der Waals surface area contributed by atoms with Crippen LogP contribution in [0.4, 0.5) is 13.2 Å². The molecule has 11 heteroatoms. The number of aromatic nitrogens is 3. The number of alkyl halides is 3. The van der Waals surface area contributed by atoms with Crippen molar-refractivity contribution < 1.29 is 17.9 Å². The number of hydrogen-bond acceptors (Lipinski definition) is 4. The predicted octanol–water partition coefficient (Wildman–Crippen LogP) is 4.14. The second-order valence-corrected chi connectivity index (χ2v) is 6.93. The Balaban J connectivity index is 0.00000385. The van der Waals surface area contributed by atoms with Gasteiger partial charge >= 0.3 is 6.18 Å². The molecule has 0 aliphatic rings. The summed E-state index contributed by atoms with van der Waals surface area (Å²) in [5, 5.41) is 10.8. The summed E-state index contributed by atoms with van der Waals surface area (Å²) in [7, 11) is 0. The lowest BCUT2D eigenvalue weighted by atomic mass is 10.1. The van der Waals surface area contributed by atoms with Crippen molar-refractivity contribution in [3.8, 4) is 5.88 Å². The highest BCUT2D eigenvalue weighted by Gasteiger charge is 2.28. The largest absolute Gasteiger partial charge is 0.468 e. The Morgan fingerprint density at radius 2 is 1.88 bits per heavy atom. The lowest BCUT2D eigenvalue weighted by molar-refractivity contribution is -0.154. The Labute approximate surface area is 207 Å². The van der Waals surface area contributed by atoms with Crippen molar-refractivity contribution in [1.82, 2.24) is 25.4 Å². The fourth-order valence-electron chi connectivity index (χ4n) is 2.89. The molecule has 0 saturated carbocycles. The number of aliphatic imine (C=N–C) groups is 1. The van der Waals surface area contributed by atoms with Crippen LogP contribution in [0.2, 0.25) is 0 Å². The smallest absolute Gasteiger partial charge is 0.422 e. The standard InChI is InChI=1S/C22H25F3N6O.HI/c1-2-26-21(28-13-17-8-9-20(27-12-17)32-16-22(23,24)25)29-14-18-6-3-4-7-19(18)15-31-11-5-10-30-31;/h3-12H,2,13-16H2,1H3,(H2,26,28,29);1H. The van der Waals surface area contributed by atoms with Gasteiger partial charge in [0.25, 0.3) is 0 Å². The monoisotopic (exact) mass is 574 g/mol. The number of benzene rings is 1. The van der Waals surface area contributed by atoms with Crippen molar-refractivity contribution >= 4 is 29.9 Å². The van der Waals surface area contributed by atoms with Crippen molar-refractivity contribution in [2.75, 3.05) is 13.2 Å². The summed E-state index contributed by atoms with van der Waals surface area (Å²) in [4.78, 5) is 8.44. The summed E-state index contributed by atoms with van der Waals surface area (Å²) >= 11 is 0. The highest BCUT2D eigenvalue weighted by atomic mass is 127. The first-order chi connectivity index (χ1) is 15.4. The third-order valence-electron chi connectivity index (χ3n) is 4.40. The van der Waals surface area contributed by atoms with E-state index in [1.807, 2.05) is 36.0 Å². The quantitative estimate of drug-likeness (QED) is 0.228. The summed E-state index contributed by atoms with van der Waals surface area (Å²) < 4.78 is 43.2. The van der Waals surface area contributed by atoms with E-state index in [9.17, 15) is 13.2 Å². The van der Waals surface area contributed by atoms with Gasteiger partial charge in [-0.15, -0.1) is 24.0 Å². The molecule has 0 aliphatic carbocycles. The molecule has 0 bridgehead atoms. The molecule has 2 heterocycles. The Hall–Kier alpha value is -2.83. The summed E-state index contributed by atoms with van der Waals surface area (Å²) in [5.74, 6) is 0.549. The maximum absolute atomic E-state index is 12.2. The Morgan fingerprint density at radius 3 is 2.52 bits per heavy atom. The summed E-state index contributed by atoms with van der Waals surface area (Å²) in [6.45, 7) is 2.85. The zero-order valence-electron chi connectivity index (χ0n) is 18.0. The van der Waals surface area contributed by atoms with Crippen LogP contribution < -0.4 is 15.4 Å². The van der Waals surface area contributed by atoms with Crippen LogP contribution in [0.3, 0.4) is 0 Å². The fourth-order valence-corrected chi connectivity index (χ4v) is 2.89. The highest BCUT2D eigenvalue weighted by Crippen LogP contribution is 2.17. The molecule has 0 amide bonds. The molecule has 3 aromatic rings. The van der Waals surface area contributed by atoms with Gasteiger partial charge in [0.05, 0.1) is 13.1 Å². The number of guanidine groups is 1. The maximum Gasteiger partial charge on any atom is 0.422 e. The van der Waals surface area contributed by atoms with E-state index in [1.54, 1.807) is 12.3 Å². The first-order valence-corrected chi connectivity index (χ1v) is 10.1. The van der Waals surface area contributed by atoms with E-state index >= 15 is 0 Å². The van der Waals surface area contributed by atoms with Crippen molar-refractivity contribution in [2.24, 2.45) is 4.99 Å². The van der Waals surface area contributed by atoms with Crippen LogP contribution in [-0.2, 0) is 19.6 Å². The third kappa shape index (κ3) is 9.28. The van der Waals surface area contributed by atoms with Crippen LogP contribution in [-0.4, -0.2) is 40.1 Å². The minimum absolute atomic E-state index is 0. The van der Waals surface area contributed by atoms with E-state index in [1.165, 1.54) is 12.3 Å². The molecular formula is C22H26F3IN6O. The normalized spacial score (nSPS) is 11.6. The number of halogens is 4. The van der Waals surface area contributed by atoms with Crippen LogP contribution in [0.5, 0.6) is 5.88 Å². The van der Waals surface area contributed by atoms with E-state index in [0.29, 0.717) is 32.1 Å². The zero-order valence-corrected chi connectivity index (χ0v) is 20.4. The third-order valence-corrected chi connectivity index (χ3v) is 4.40. The summed E-state index contributed by atoms with van der Waals surface area (Å²) in [6, 6.07) is 13.0. The van der Waals surface area contributed by atoms with Crippen LogP contribution in [0, 0.1) is 0 Å². The van der Waals surface area contributed by atoms with Gasteiger partial charge in [-0.1, -0.05) is 30.3 Å². The van der Waals surface area contributed by atoms with Crippen LogP contribution in [0.25, 0.3) is 0 Å². The molecule has 0 atom stereocenters. The van der Waals surface area contributed by atoms with Gasteiger partial charge in [0.2, 0.25) is 5.88 Å². The molecule has 0 fully saturated rings.